The molecule has 0 saturated carbocycles. The molecule has 0 spiro atoms. The van der Waals surface area contributed by atoms with Crippen LogP contribution in [0.15, 0.2) is 47.6 Å². The normalized spacial score (nSPS) is 11.0. The van der Waals surface area contributed by atoms with E-state index in [1.807, 2.05) is 24.3 Å². The molecule has 0 aliphatic rings. The largest absolute Gasteiger partial charge is 0.254 e. The first kappa shape index (κ1) is 8.68. The summed E-state index contributed by atoms with van der Waals surface area (Å²) in [5, 5.41) is 2.19. The summed E-state index contributed by atoms with van der Waals surface area (Å²) in [6.07, 6.45) is 3.54. The van der Waals surface area contributed by atoms with Crippen LogP contribution in [0.1, 0.15) is 0 Å². The van der Waals surface area contributed by atoms with Crippen LogP contribution in [0.25, 0.3) is 21.8 Å². The summed E-state index contributed by atoms with van der Waals surface area (Å²) in [7, 11) is 0. The number of pyridine rings is 2. The molecule has 0 fully saturated rings. The molecule has 0 aliphatic heterocycles. The van der Waals surface area contributed by atoms with E-state index in [2.05, 4.69) is 28.7 Å². The van der Waals surface area contributed by atoms with Gasteiger partial charge in [-0.05, 0) is 12.1 Å². The van der Waals surface area contributed by atoms with E-state index in [-0.39, 0.29) is 0 Å². The van der Waals surface area contributed by atoms with Gasteiger partial charge >= 0.3 is 0 Å². The molecule has 3 rings (SSSR count). The Hall–Kier alpha value is -1.61. The van der Waals surface area contributed by atoms with Crippen molar-refractivity contribution < 1.29 is 0 Å². The number of hydrogen-bond acceptors (Lipinski definition) is 3. The molecule has 0 bridgehead atoms. The molecule has 0 radical (unpaired) electrons. The first-order chi connectivity index (χ1) is 7.34. The van der Waals surface area contributed by atoms with Crippen LogP contribution in [0.5, 0.6) is 0 Å². The highest BCUT2D eigenvalue weighted by atomic mass is 32.1. The monoisotopic (exact) mass is 212 g/mol. The Labute approximate surface area is 92.4 Å². The van der Waals surface area contributed by atoms with Crippen LogP contribution < -0.4 is 0 Å². The molecule has 72 valence electrons. The van der Waals surface area contributed by atoms with Gasteiger partial charge in [0.25, 0.3) is 0 Å². The summed E-state index contributed by atoms with van der Waals surface area (Å²) in [5.74, 6) is 0. The summed E-state index contributed by atoms with van der Waals surface area (Å²) in [5.41, 5.74) is 1.88. The van der Waals surface area contributed by atoms with Gasteiger partial charge in [0.1, 0.15) is 0 Å². The summed E-state index contributed by atoms with van der Waals surface area (Å²) in [4.78, 5) is 9.59. The van der Waals surface area contributed by atoms with Crippen molar-refractivity contribution in [2.24, 2.45) is 0 Å². The molecule has 0 unspecified atom stereocenters. The van der Waals surface area contributed by atoms with Gasteiger partial charge in [0.2, 0.25) is 0 Å². The second-order valence-corrected chi connectivity index (χ2v) is 3.92. The number of benzene rings is 1. The van der Waals surface area contributed by atoms with Crippen LogP contribution in [0.4, 0.5) is 0 Å². The van der Waals surface area contributed by atoms with Crippen molar-refractivity contribution in [2.75, 3.05) is 0 Å². The number of nitrogens with zero attached hydrogens (tertiary/aromatic N) is 2. The fourth-order valence-electron chi connectivity index (χ4n) is 1.72. The lowest BCUT2D eigenvalue weighted by Crippen LogP contribution is -1.84. The van der Waals surface area contributed by atoms with Crippen LogP contribution in [0.3, 0.4) is 0 Å². The standard InChI is InChI=1S/C12H8N2S/c15-10-6-9-4-3-8-2-1-5-13-11(8)12(9)14-7-10/h1-7,15H. The molecule has 0 atom stereocenters. The quantitative estimate of drug-likeness (QED) is 0.458. The van der Waals surface area contributed by atoms with Gasteiger partial charge < -0.3 is 0 Å². The number of thiol groups is 1. The van der Waals surface area contributed by atoms with E-state index in [1.54, 1.807) is 12.4 Å². The number of hydrogen-bond donors (Lipinski definition) is 1. The first-order valence-corrected chi connectivity index (χ1v) is 5.12. The lowest BCUT2D eigenvalue weighted by Gasteiger charge is -2.01. The molecule has 15 heavy (non-hydrogen) atoms. The average molecular weight is 212 g/mol. The van der Waals surface area contributed by atoms with Gasteiger partial charge in [-0.1, -0.05) is 18.2 Å². The van der Waals surface area contributed by atoms with Crippen molar-refractivity contribution in [1.82, 2.24) is 9.97 Å². The van der Waals surface area contributed by atoms with E-state index in [0.29, 0.717) is 0 Å². The molecule has 0 saturated heterocycles. The Morgan fingerprint density at radius 1 is 0.933 bits per heavy atom. The summed E-state index contributed by atoms with van der Waals surface area (Å²) in [6.45, 7) is 0. The van der Waals surface area contributed by atoms with Crippen LogP contribution in [0.2, 0.25) is 0 Å². The molecule has 2 heterocycles. The molecule has 0 amide bonds. The minimum Gasteiger partial charge on any atom is -0.254 e. The van der Waals surface area contributed by atoms with Gasteiger partial charge in [-0.3, -0.25) is 9.97 Å². The third-order valence-corrected chi connectivity index (χ3v) is 2.65. The minimum absolute atomic E-state index is 0.873. The van der Waals surface area contributed by atoms with Gasteiger partial charge in [-0.25, -0.2) is 0 Å². The molecule has 2 nitrogen and oxygen atoms in total. The molecule has 1 aromatic carbocycles. The molecular weight excluding hydrogens is 204 g/mol. The van der Waals surface area contributed by atoms with Crippen molar-refractivity contribution in [2.45, 2.75) is 4.90 Å². The third-order valence-electron chi connectivity index (χ3n) is 2.41. The van der Waals surface area contributed by atoms with Crippen LogP contribution in [-0.4, -0.2) is 9.97 Å². The highest BCUT2D eigenvalue weighted by Gasteiger charge is 2.01. The molecule has 3 aromatic rings. The van der Waals surface area contributed by atoms with Crippen LogP contribution in [-0.2, 0) is 0 Å². The third kappa shape index (κ3) is 1.36. The number of rotatable bonds is 0. The topological polar surface area (TPSA) is 25.8 Å². The predicted octanol–water partition coefficient (Wildman–Crippen LogP) is 3.07. The average Bonchev–Trinajstić information content (AvgIpc) is 2.28. The maximum atomic E-state index is 4.37. The lowest BCUT2D eigenvalue weighted by molar-refractivity contribution is 1.30. The molecular formula is C12H8N2S. The summed E-state index contributed by atoms with van der Waals surface area (Å²) >= 11 is 4.27. The second kappa shape index (κ2) is 3.21. The van der Waals surface area contributed by atoms with Crippen LogP contribution >= 0.6 is 12.6 Å². The molecule has 2 aromatic heterocycles. The van der Waals surface area contributed by atoms with Crippen molar-refractivity contribution >= 4 is 34.4 Å². The number of aromatic nitrogens is 2. The van der Waals surface area contributed by atoms with E-state index < -0.39 is 0 Å². The van der Waals surface area contributed by atoms with E-state index in [9.17, 15) is 0 Å². The van der Waals surface area contributed by atoms with Gasteiger partial charge in [0, 0.05) is 28.1 Å². The fourth-order valence-corrected chi connectivity index (χ4v) is 1.92. The summed E-state index contributed by atoms with van der Waals surface area (Å²) < 4.78 is 0. The Kier molecular flexibility index (Phi) is 1.86. The lowest BCUT2D eigenvalue weighted by atomic mass is 10.1. The zero-order valence-corrected chi connectivity index (χ0v) is 8.78. The van der Waals surface area contributed by atoms with Gasteiger partial charge in [-0.15, -0.1) is 12.6 Å². The van der Waals surface area contributed by atoms with E-state index in [0.717, 1.165) is 26.7 Å². The van der Waals surface area contributed by atoms with Gasteiger partial charge in [0.15, 0.2) is 0 Å². The van der Waals surface area contributed by atoms with Crippen molar-refractivity contribution in [1.29, 1.82) is 0 Å². The fraction of sp³-hybridized carbons (Fsp3) is 0. The second-order valence-electron chi connectivity index (χ2n) is 3.41. The maximum Gasteiger partial charge on any atom is 0.0965 e. The SMILES string of the molecule is Sc1cnc2c(ccc3cccnc32)c1. The van der Waals surface area contributed by atoms with Crippen LogP contribution in [0, 0.1) is 0 Å². The highest BCUT2D eigenvalue weighted by molar-refractivity contribution is 7.80. The highest BCUT2D eigenvalue weighted by Crippen LogP contribution is 2.22. The predicted molar refractivity (Wildman–Crippen MR) is 64.3 cm³/mol. The Bertz CT molecular complexity index is 649. The zero-order chi connectivity index (χ0) is 10.3. The Morgan fingerprint density at radius 2 is 1.73 bits per heavy atom. The minimum atomic E-state index is 0.873. The summed E-state index contributed by atoms with van der Waals surface area (Å²) in [6, 6.07) is 10.1. The van der Waals surface area contributed by atoms with E-state index in [4.69, 9.17) is 0 Å². The van der Waals surface area contributed by atoms with E-state index >= 15 is 0 Å². The molecule has 0 aliphatic carbocycles. The Morgan fingerprint density at radius 3 is 2.67 bits per heavy atom. The Balaban J connectivity index is 2.55. The van der Waals surface area contributed by atoms with Gasteiger partial charge in [-0.2, -0.15) is 0 Å². The molecule has 0 N–H and O–H groups in total. The van der Waals surface area contributed by atoms with Gasteiger partial charge in [0.05, 0.1) is 11.0 Å². The number of fused-ring (bicyclic) bond motifs is 3. The molecule has 3 heteroatoms. The van der Waals surface area contributed by atoms with Crippen molar-refractivity contribution in [3.63, 3.8) is 0 Å². The first-order valence-electron chi connectivity index (χ1n) is 4.67. The van der Waals surface area contributed by atoms with Crippen molar-refractivity contribution in [3.8, 4) is 0 Å². The van der Waals surface area contributed by atoms with Crippen molar-refractivity contribution in [3.05, 3.63) is 42.7 Å². The smallest absolute Gasteiger partial charge is 0.0965 e. The zero-order valence-electron chi connectivity index (χ0n) is 7.88. The maximum absolute atomic E-state index is 4.37. The van der Waals surface area contributed by atoms with E-state index in [1.165, 1.54) is 0 Å².